The van der Waals surface area contributed by atoms with Crippen LogP contribution in [0, 0.1) is 0 Å². The number of halogens is 6. The Labute approximate surface area is 217 Å². The lowest BCUT2D eigenvalue weighted by atomic mass is 10.1. The molecule has 1 atom stereocenters. The Hall–Kier alpha value is -4.36. The molecule has 0 saturated carbocycles. The predicted molar refractivity (Wildman–Crippen MR) is 126 cm³/mol. The summed E-state index contributed by atoms with van der Waals surface area (Å²) >= 11 is 0. The van der Waals surface area contributed by atoms with E-state index in [1.807, 2.05) is 0 Å². The second-order valence-corrected chi connectivity index (χ2v) is 8.86. The molecule has 0 N–H and O–H groups in total. The molecule has 2 aromatic carbocycles. The average Bonchev–Trinajstić information content (AvgIpc) is 3.55. The largest absolute Gasteiger partial charge is 0.495 e. The van der Waals surface area contributed by atoms with Crippen LogP contribution in [0.3, 0.4) is 0 Å². The van der Waals surface area contributed by atoms with Crippen LogP contribution in [-0.2, 0) is 17.4 Å². The molecule has 204 valence electrons. The maximum Gasteiger partial charge on any atom is 0.434 e. The van der Waals surface area contributed by atoms with Crippen LogP contribution in [0.15, 0.2) is 61.2 Å². The molecule has 1 amide bonds. The Kier molecular flexibility index (Phi) is 6.56. The van der Waals surface area contributed by atoms with Gasteiger partial charge in [-0.25, -0.2) is 9.67 Å². The van der Waals surface area contributed by atoms with Crippen LogP contribution < -0.4 is 9.64 Å². The van der Waals surface area contributed by atoms with E-state index in [0.29, 0.717) is 23.2 Å². The van der Waals surface area contributed by atoms with Gasteiger partial charge in [0.25, 0.3) is 5.91 Å². The zero-order valence-electron chi connectivity index (χ0n) is 20.2. The van der Waals surface area contributed by atoms with Gasteiger partial charge >= 0.3 is 12.4 Å². The highest BCUT2D eigenvalue weighted by molar-refractivity contribution is 5.97. The predicted octanol–water partition coefficient (Wildman–Crippen LogP) is 5.24. The Balaban J connectivity index is 1.45. The first-order valence-electron chi connectivity index (χ1n) is 11.6. The Morgan fingerprint density at radius 1 is 1.03 bits per heavy atom. The highest BCUT2D eigenvalue weighted by Crippen LogP contribution is 2.35. The van der Waals surface area contributed by atoms with Crippen molar-refractivity contribution in [3.8, 4) is 22.7 Å². The van der Waals surface area contributed by atoms with Crippen LogP contribution >= 0.6 is 0 Å². The molecule has 5 rings (SSSR count). The lowest BCUT2D eigenvalue weighted by Gasteiger charge is -2.26. The lowest BCUT2D eigenvalue weighted by Crippen LogP contribution is -2.42. The van der Waals surface area contributed by atoms with E-state index in [9.17, 15) is 31.1 Å². The summed E-state index contributed by atoms with van der Waals surface area (Å²) in [6.45, 7) is -1.44. The number of anilines is 1. The van der Waals surface area contributed by atoms with Crippen molar-refractivity contribution >= 4 is 11.6 Å². The van der Waals surface area contributed by atoms with Gasteiger partial charge in [0.1, 0.15) is 24.0 Å². The SMILES string of the molecule is COc1cc(-c2cn(C3CCc4ccccc4N(CC(F)(F)F)C3=O)nn2)ccc1-n1cnc(C(F)(F)F)c1. The molecule has 0 fully saturated rings. The smallest absolute Gasteiger partial charge is 0.434 e. The molecule has 0 bridgehead atoms. The van der Waals surface area contributed by atoms with E-state index in [0.717, 1.165) is 17.4 Å². The highest BCUT2D eigenvalue weighted by Gasteiger charge is 2.39. The van der Waals surface area contributed by atoms with Crippen molar-refractivity contribution in [1.29, 1.82) is 0 Å². The number of amides is 1. The van der Waals surface area contributed by atoms with Crippen LogP contribution in [0.2, 0.25) is 0 Å². The van der Waals surface area contributed by atoms with Crippen LogP contribution in [0.1, 0.15) is 23.7 Å². The normalized spacial score (nSPS) is 16.2. The van der Waals surface area contributed by atoms with Crippen molar-refractivity contribution in [2.24, 2.45) is 0 Å². The van der Waals surface area contributed by atoms with Crippen LogP contribution in [-0.4, -0.2) is 50.3 Å². The maximum atomic E-state index is 13.4. The molecule has 2 aromatic heterocycles. The summed E-state index contributed by atoms with van der Waals surface area (Å²) in [5.74, 6) is -0.548. The number of methoxy groups -OCH3 is 1. The number of para-hydroxylation sites is 1. The van der Waals surface area contributed by atoms with E-state index in [2.05, 4.69) is 15.3 Å². The van der Waals surface area contributed by atoms with E-state index in [4.69, 9.17) is 4.74 Å². The van der Waals surface area contributed by atoms with Crippen molar-refractivity contribution in [2.45, 2.75) is 31.2 Å². The van der Waals surface area contributed by atoms with Crippen molar-refractivity contribution in [1.82, 2.24) is 24.5 Å². The molecule has 4 aromatic rings. The number of fused-ring (bicyclic) bond motifs is 1. The van der Waals surface area contributed by atoms with Gasteiger partial charge in [-0.2, -0.15) is 26.3 Å². The second kappa shape index (κ2) is 9.75. The number of imidazole rings is 1. The van der Waals surface area contributed by atoms with Crippen molar-refractivity contribution in [2.75, 3.05) is 18.6 Å². The molecule has 0 spiro atoms. The molecular formula is C25H20F6N6O2. The van der Waals surface area contributed by atoms with Gasteiger partial charge in [-0.05, 0) is 36.6 Å². The number of hydrogen-bond donors (Lipinski definition) is 0. The summed E-state index contributed by atoms with van der Waals surface area (Å²) in [4.78, 5) is 17.4. The van der Waals surface area contributed by atoms with E-state index in [1.54, 1.807) is 24.3 Å². The van der Waals surface area contributed by atoms with Crippen LogP contribution in [0.25, 0.3) is 16.9 Å². The minimum absolute atomic E-state index is 0.205. The highest BCUT2D eigenvalue weighted by atomic mass is 19.4. The molecule has 8 nitrogen and oxygen atoms in total. The van der Waals surface area contributed by atoms with Gasteiger partial charge in [-0.15, -0.1) is 5.10 Å². The third-order valence-corrected chi connectivity index (χ3v) is 6.31. The van der Waals surface area contributed by atoms with E-state index >= 15 is 0 Å². The summed E-state index contributed by atoms with van der Waals surface area (Å²) in [5, 5.41) is 8.11. The maximum absolute atomic E-state index is 13.4. The first-order valence-corrected chi connectivity index (χ1v) is 11.6. The van der Waals surface area contributed by atoms with Gasteiger partial charge in [0.15, 0.2) is 5.69 Å². The number of aryl methyl sites for hydroxylation is 1. The second-order valence-electron chi connectivity index (χ2n) is 8.86. The molecule has 1 unspecified atom stereocenters. The number of carbonyl (C=O) groups is 1. The zero-order valence-corrected chi connectivity index (χ0v) is 20.2. The number of aromatic nitrogens is 5. The fraction of sp³-hybridized carbons (Fsp3) is 0.280. The number of carbonyl (C=O) groups excluding carboxylic acids is 1. The number of benzene rings is 2. The lowest BCUT2D eigenvalue weighted by molar-refractivity contribution is -0.141. The van der Waals surface area contributed by atoms with Crippen molar-refractivity contribution < 1.29 is 35.9 Å². The van der Waals surface area contributed by atoms with E-state index in [1.165, 1.54) is 40.8 Å². The van der Waals surface area contributed by atoms with Gasteiger partial charge in [0, 0.05) is 17.4 Å². The molecular weight excluding hydrogens is 530 g/mol. The van der Waals surface area contributed by atoms with Gasteiger partial charge < -0.3 is 14.2 Å². The van der Waals surface area contributed by atoms with Gasteiger partial charge in [-0.1, -0.05) is 29.5 Å². The molecule has 39 heavy (non-hydrogen) atoms. The van der Waals surface area contributed by atoms with Crippen LogP contribution in [0.5, 0.6) is 5.75 Å². The van der Waals surface area contributed by atoms with Gasteiger partial charge in [0.2, 0.25) is 0 Å². The quantitative estimate of drug-likeness (QED) is 0.318. The van der Waals surface area contributed by atoms with Gasteiger partial charge in [-0.3, -0.25) is 4.79 Å². The Morgan fingerprint density at radius 3 is 2.49 bits per heavy atom. The molecule has 1 aliphatic rings. The molecule has 14 heteroatoms. The number of rotatable bonds is 5. The average molecular weight is 550 g/mol. The molecule has 0 aliphatic carbocycles. The van der Waals surface area contributed by atoms with E-state index in [-0.39, 0.29) is 23.5 Å². The summed E-state index contributed by atoms with van der Waals surface area (Å²) in [6.07, 6.45) is -5.38. The van der Waals surface area contributed by atoms with Crippen molar-refractivity contribution in [3.63, 3.8) is 0 Å². The summed E-state index contributed by atoms with van der Waals surface area (Å²) < 4.78 is 86.8. The Bertz CT molecular complexity index is 1510. The first kappa shape index (κ1) is 26.3. The standard InChI is InChI=1S/C25H20F6N6O2/c1-39-21-10-16(7-8-19(21)35-12-22(32-14-35)25(29,30)31)17-11-37(34-33-17)20-9-6-15-4-2-3-5-18(15)36(23(20)38)13-24(26,27)28/h2-5,7-8,10-12,14,20H,6,9,13H2,1H3. The number of nitrogens with zero attached hydrogens (tertiary/aromatic N) is 6. The summed E-state index contributed by atoms with van der Waals surface area (Å²) in [6, 6.07) is 10.0. The topological polar surface area (TPSA) is 78.1 Å². The number of ether oxygens (including phenoxy) is 1. The number of hydrogen-bond acceptors (Lipinski definition) is 5. The first-order chi connectivity index (χ1) is 18.4. The third kappa shape index (κ3) is 5.31. The summed E-state index contributed by atoms with van der Waals surface area (Å²) in [7, 11) is 1.35. The fourth-order valence-electron chi connectivity index (χ4n) is 4.50. The van der Waals surface area contributed by atoms with Gasteiger partial charge in [0.05, 0.1) is 25.3 Å². The minimum atomic E-state index is -4.61. The number of alkyl halides is 6. The monoisotopic (exact) mass is 550 g/mol. The minimum Gasteiger partial charge on any atom is -0.495 e. The molecule has 3 heterocycles. The molecule has 1 aliphatic heterocycles. The van der Waals surface area contributed by atoms with E-state index < -0.39 is 36.5 Å². The van der Waals surface area contributed by atoms with Crippen molar-refractivity contribution in [3.05, 3.63) is 72.4 Å². The molecule has 0 saturated heterocycles. The molecule has 0 radical (unpaired) electrons. The third-order valence-electron chi connectivity index (χ3n) is 6.31. The van der Waals surface area contributed by atoms with Crippen LogP contribution in [0.4, 0.5) is 32.0 Å². The zero-order chi connectivity index (χ0) is 27.9. The Morgan fingerprint density at radius 2 is 1.79 bits per heavy atom. The fourth-order valence-corrected chi connectivity index (χ4v) is 4.50. The summed E-state index contributed by atoms with van der Waals surface area (Å²) in [5.41, 5.74) is 0.804.